The Morgan fingerprint density at radius 3 is 2.85 bits per heavy atom. The molecule has 0 radical (unpaired) electrons. The van der Waals surface area contributed by atoms with Gasteiger partial charge in [-0.25, -0.2) is 15.0 Å². The number of nitrogens with one attached hydrogen (secondary N) is 2. The summed E-state index contributed by atoms with van der Waals surface area (Å²) in [4.78, 5) is 13.0. The van der Waals surface area contributed by atoms with Crippen molar-refractivity contribution in [2.45, 2.75) is 19.8 Å². The molecule has 34 heavy (non-hydrogen) atoms. The van der Waals surface area contributed by atoms with Crippen LogP contribution >= 0.6 is 11.6 Å². The summed E-state index contributed by atoms with van der Waals surface area (Å²) in [5.74, 6) is 9.11. The van der Waals surface area contributed by atoms with E-state index in [-0.39, 0.29) is 0 Å². The quantitative estimate of drug-likeness (QED) is 0.287. The van der Waals surface area contributed by atoms with Gasteiger partial charge in [-0.2, -0.15) is 0 Å². The molecule has 7 heteroatoms. The van der Waals surface area contributed by atoms with E-state index in [1.807, 2.05) is 37.3 Å². The number of aryl methyl sites for hydroxylation is 1. The number of hydrogen-bond acceptors (Lipinski definition) is 6. The number of hydrogen-bond donors (Lipinski definition) is 2. The Morgan fingerprint density at radius 1 is 1.09 bits per heavy atom. The van der Waals surface area contributed by atoms with Crippen LogP contribution in [0.5, 0.6) is 11.5 Å². The van der Waals surface area contributed by atoms with Gasteiger partial charge >= 0.3 is 0 Å². The van der Waals surface area contributed by atoms with Crippen molar-refractivity contribution in [1.82, 2.24) is 20.3 Å². The maximum Gasteiger partial charge on any atom is 0.171 e. The zero-order chi connectivity index (χ0) is 23.3. The van der Waals surface area contributed by atoms with E-state index in [1.54, 1.807) is 24.7 Å². The van der Waals surface area contributed by atoms with Crippen molar-refractivity contribution in [2.24, 2.45) is 5.92 Å². The molecule has 1 saturated heterocycles. The second-order valence-corrected chi connectivity index (χ2v) is 8.62. The van der Waals surface area contributed by atoms with E-state index in [0.717, 1.165) is 53.0 Å². The van der Waals surface area contributed by atoms with Crippen LogP contribution in [0.1, 0.15) is 24.0 Å². The zero-order valence-corrected chi connectivity index (χ0v) is 19.6. The highest BCUT2D eigenvalue weighted by Gasteiger charge is 2.11. The predicted octanol–water partition coefficient (Wildman–Crippen LogP) is 5.87. The number of piperidine rings is 1. The predicted molar refractivity (Wildman–Crippen MR) is 136 cm³/mol. The summed E-state index contributed by atoms with van der Waals surface area (Å²) in [5, 5.41) is 8.09. The SMILES string of the molecule is Cc1cc(Nc2ncnc3ccc(C#CC4CCCNC4)cc23)ccc1Oc1cccnc1Cl. The van der Waals surface area contributed by atoms with Crippen molar-refractivity contribution in [3.05, 3.63) is 77.3 Å². The largest absolute Gasteiger partial charge is 0.454 e. The number of pyridine rings is 1. The van der Waals surface area contributed by atoms with Crippen LogP contribution in [0.15, 0.2) is 61.1 Å². The van der Waals surface area contributed by atoms with Gasteiger partial charge in [0.2, 0.25) is 0 Å². The second kappa shape index (κ2) is 10.1. The molecule has 1 aliphatic rings. The fourth-order valence-corrected chi connectivity index (χ4v) is 4.10. The van der Waals surface area contributed by atoms with Gasteiger partial charge in [0.05, 0.1) is 5.52 Å². The third-order valence-corrected chi connectivity index (χ3v) is 6.02. The Hall–Kier alpha value is -3.66. The lowest BCUT2D eigenvalue weighted by molar-refractivity contribution is 0.449. The van der Waals surface area contributed by atoms with E-state index in [4.69, 9.17) is 16.3 Å². The molecule has 0 bridgehead atoms. The summed E-state index contributed by atoms with van der Waals surface area (Å²) in [5.41, 5.74) is 3.68. The molecular formula is C27H24ClN5O. The normalized spacial score (nSPS) is 15.4. The smallest absolute Gasteiger partial charge is 0.171 e. The first-order valence-electron chi connectivity index (χ1n) is 11.3. The van der Waals surface area contributed by atoms with Gasteiger partial charge in [-0.1, -0.05) is 23.4 Å². The van der Waals surface area contributed by atoms with Crippen molar-refractivity contribution in [3.8, 4) is 23.3 Å². The van der Waals surface area contributed by atoms with Gasteiger partial charge in [0, 0.05) is 35.3 Å². The van der Waals surface area contributed by atoms with E-state index < -0.39 is 0 Å². The Kier molecular flexibility index (Phi) is 6.57. The molecular weight excluding hydrogens is 446 g/mol. The molecule has 2 aromatic carbocycles. The molecule has 0 amide bonds. The molecule has 0 saturated carbocycles. The monoisotopic (exact) mass is 469 g/mol. The molecule has 3 heterocycles. The topological polar surface area (TPSA) is 72.0 Å². The minimum Gasteiger partial charge on any atom is -0.454 e. The third-order valence-electron chi connectivity index (χ3n) is 5.74. The molecule has 0 aliphatic carbocycles. The lowest BCUT2D eigenvalue weighted by atomic mass is 10.00. The summed E-state index contributed by atoms with van der Waals surface area (Å²) in [7, 11) is 0. The highest BCUT2D eigenvalue weighted by Crippen LogP contribution is 2.32. The lowest BCUT2D eigenvalue weighted by Gasteiger charge is -2.17. The van der Waals surface area contributed by atoms with E-state index >= 15 is 0 Å². The second-order valence-electron chi connectivity index (χ2n) is 8.27. The van der Waals surface area contributed by atoms with E-state index in [1.165, 1.54) is 6.42 Å². The summed E-state index contributed by atoms with van der Waals surface area (Å²) in [6.45, 7) is 4.03. The van der Waals surface area contributed by atoms with Crippen LogP contribution in [0.25, 0.3) is 10.9 Å². The van der Waals surface area contributed by atoms with Crippen molar-refractivity contribution < 1.29 is 4.74 Å². The Bertz CT molecular complexity index is 1390. The Morgan fingerprint density at radius 2 is 2.03 bits per heavy atom. The molecule has 1 aliphatic heterocycles. The standard InChI is InChI=1S/C27H24ClN5O/c1-18-14-21(9-11-24(18)34-25-5-3-13-30-26(25)28)33-27-22-15-19(8-10-23(22)31-17-32-27)6-7-20-4-2-12-29-16-20/h3,5,8-11,13-15,17,20,29H,2,4,12,16H2,1H3,(H,31,32,33). The first-order valence-corrected chi connectivity index (χ1v) is 11.7. The number of fused-ring (bicyclic) bond motifs is 1. The van der Waals surface area contributed by atoms with Crippen LogP contribution in [0.3, 0.4) is 0 Å². The molecule has 1 atom stereocenters. The number of anilines is 2. The summed E-state index contributed by atoms with van der Waals surface area (Å²) >= 11 is 6.12. The molecule has 6 nitrogen and oxygen atoms in total. The molecule has 0 spiro atoms. The average molecular weight is 470 g/mol. The minimum atomic E-state index is 0.329. The third kappa shape index (κ3) is 5.12. The first-order chi connectivity index (χ1) is 16.7. The van der Waals surface area contributed by atoms with Crippen molar-refractivity contribution >= 4 is 34.0 Å². The number of nitrogens with zero attached hydrogens (tertiary/aromatic N) is 3. The molecule has 1 unspecified atom stereocenters. The number of halogens is 1. The molecule has 4 aromatic rings. The van der Waals surface area contributed by atoms with Crippen LogP contribution in [0.2, 0.25) is 5.15 Å². The summed E-state index contributed by atoms with van der Waals surface area (Å²) in [6.07, 6.45) is 5.52. The van der Waals surface area contributed by atoms with Crippen LogP contribution in [0.4, 0.5) is 11.5 Å². The number of rotatable bonds is 4. The van der Waals surface area contributed by atoms with Gasteiger partial charge in [0.25, 0.3) is 0 Å². The minimum absolute atomic E-state index is 0.329. The Labute approximate surface area is 203 Å². The molecule has 2 aromatic heterocycles. The van der Waals surface area contributed by atoms with Gasteiger partial charge < -0.3 is 15.4 Å². The van der Waals surface area contributed by atoms with Gasteiger partial charge in [0.1, 0.15) is 17.9 Å². The fourth-order valence-electron chi connectivity index (χ4n) is 3.94. The van der Waals surface area contributed by atoms with Crippen molar-refractivity contribution in [3.63, 3.8) is 0 Å². The van der Waals surface area contributed by atoms with Gasteiger partial charge in [-0.05, 0) is 80.4 Å². The van der Waals surface area contributed by atoms with E-state index in [0.29, 0.717) is 22.6 Å². The van der Waals surface area contributed by atoms with Crippen LogP contribution in [-0.4, -0.2) is 28.0 Å². The summed E-state index contributed by atoms with van der Waals surface area (Å²) in [6, 6.07) is 15.5. The summed E-state index contributed by atoms with van der Waals surface area (Å²) < 4.78 is 5.94. The van der Waals surface area contributed by atoms with Gasteiger partial charge in [-0.15, -0.1) is 0 Å². The molecule has 170 valence electrons. The number of ether oxygens (including phenoxy) is 1. The van der Waals surface area contributed by atoms with Gasteiger partial charge in [-0.3, -0.25) is 0 Å². The highest BCUT2D eigenvalue weighted by atomic mass is 35.5. The fraction of sp³-hybridized carbons (Fsp3) is 0.222. The van der Waals surface area contributed by atoms with Crippen LogP contribution < -0.4 is 15.4 Å². The molecule has 1 fully saturated rings. The van der Waals surface area contributed by atoms with Crippen LogP contribution in [0, 0.1) is 24.7 Å². The number of aromatic nitrogens is 3. The maximum atomic E-state index is 6.12. The molecule has 2 N–H and O–H groups in total. The van der Waals surface area contributed by atoms with Crippen molar-refractivity contribution in [2.75, 3.05) is 18.4 Å². The lowest BCUT2D eigenvalue weighted by Crippen LogP contribution is -2.28. The Balaban J connectivity index is 1.38. The number of benzene rings is 2. The van der Waals surface area contributed by atoms with E-state index in [2.05, 4.69) is 43.5 Å². The average Bonchev–Trinajstić information content (AvgIpc) is 2.86. The highest BCUT2D eigenvalue weighted by molar-refractivity contribution is 6.30. The van der Waals surface area contributed by atoms with Gasteiger partial charge in [0.15, 0.2) is 10.9 Å². The van der Waals surface area contributed by atoms with Crippen molar-refractivity contribution in [1.29, 1.82) is 0 Å². The first kappa shape index (κ1) is 22.1. The van der Waals surface area contributed by atoms with E-state index in [9.17, 15) is 0 Å². The molecule has 5 rings (SSSR count). The maximum absolute atomic E-state index is 6.12. The van der Waals surface area contributed by atoms with Crippen LogP contribution in [-0.2, 0) is 0 Å². The zero-order valence-electron chi connectivity index (χ0n) is 18.8.